The molecule has 2 fully saturated rings. The first-order chi connectivity index (χ1) is 21.1. The van der Waals surface area contributed by atoms with Crippen LogP contribution in [0.5, 0.6) is 0 Å². The van der Waals surface area contributed by atoms with E-state index in [2.05, 4.69) is 24.3 Å². The van der Waals surface area contributed by atoms with Gasteiger partial charge in [0.1, 0.15) is 11.5 Å². The number of benzene rings is 5. The molecule has 3 aliphatic carbocycles. The standard InChI is InChI=1S/C37H25ClN2O3/c38-24-14-11-17-26(22-24)39-34(41)36-31-27-18-7-9-20-29(27)32(30-21-10-8-19-28(30)31)37(36,35(39)42)43-40(25-15-5-2-6-16-25)33(36)23-12-3-1-4-13-23/h1-22,31-33H. The number of hydrogen-bond donors (Lipinski definition) is 0. The van der Waals surface area contributed by atoms with Crippen molar-refractivity contribution in [2.75, 3.05) is 9.96 Å². The smallest absolute Gasteiger partial charge is 0.271 e. The summed E-state index contributed by atoms with van der Waals surface area (Å²) in [5.74, 6) is -1.58. The summed E-state index contributed by atoms with van der Waals surface area (Å²) in [5.41, 5.74) is 3.46. The van der Waals surface area contributed by atoms with Gasteiger partial charge in [-0.3, -0.25) is 14.4 Å². The van der Waals surface area contributed by atoms with E-state index in [1.54, 1.807) is 24.3 Å². The number of carbonyl (C=O) groups is 2. The van der Waals surface area contributed by atoms with Gasteiger partial charge in [-0.05, 0) is 58.1 Å². The van der Waals surface area contributed by atoms with Gasteiger partial charge >= 0.3 is 0 Å². The van der Waals surface area contributed by atoms with E-state index < -0.39 is 28.9 Å². The largest absolute Gasteiger partial charge is 0.273 e. The maximum absolute atomic E-state index is 15.6. The lowest BCUT2D eigenvalue weighted by molar-refractivity contribution is -0.153. The second-order valence-electron chi connectivity index (χ2n) is 11.7. The highest BCUT2D eigenvalue weighted by Crippen LogP contribution is 2.77. The molecule has 6 heteroatoms. The van der Waals surface area contributed by atoms with Crippen molar-refractivity contribution in [3.8, 4) is 0 Å². The van der Waals surface area contributed by atoms with Gasteiger partial charge in [0.05, 0.1) is 17.3 Å². The van der Waals surface area contributed by atoms with Crippen molar-refractivity contribution < 1.29 is 14.4 Å². The predicted octanol–water partition coefficient (Wildman–Crippen LogP) is 7.42. The summed E-state index contributed by atoms with van der Waals surface area (Å²) in [4.78, 5) is 39.5. The molecule has 3 atom stereocenters. The molecule has 5 aromatic rings. The molecule has 10 rings (SSSR count). The Hall–Kier alpha value is -4.71. The monoisotopic (exact) mass is 580 g/mol. The number of hydrogen-bond acceptors (Lipinski definition) is 4. The third-order valence-corrected chi connectivity index (χ3v) is 10.1. The van der Waals surface area contributed by atoms with Crippen LogP contribution in [0.25, 0.3) is 0 Å². The second kappa shape index (κ2) is 8.66. The van der Waals surface area contributed by atoms with E-state index in [4.69, 9.17) is 16.4 Å². The van der Waals surface area contributed by atoms with Gasteiger partial charge in [0.2, 0.25) is 11.5 Å². The Morgan fingerprint density at radius 3 is 1.72 bits per heavy atom. The van der Waals surface area contributed by atoms with Crippen LogP contribution in [-0.2, 0) is 14.4 Å². The fourth-order valence-corrected chi connectivity index (χ4v) is 8.70. The molecule has 2 amide bonds. The van der Waals surface area contributed by atoms with E-state index in [9.17, 15) is 0 Å². The normalized spacial score (nSPS) is 28.0. The molecule has 2 aliphatic heterocycles. The zero-order chi connectivity index (χ0) is 28.9. The first kappa shape index (κ1) is 24.8. The molecule has 3 unspecified atom stereocenters. The van der Waals surface area contributed by atoms with E-state index >= 15 is 9.59 Å². The highest BCUT2D eigenvalue weighted by molar-refractivity contribution is 6.32. The highest BCUT2D eigenvalue weighted by Gasteiger charge is 2.87. The van der Waals surface area contributed by atoms with Gasteiger partial charge in [0.25, 0.3) is 5.91 Å². The summed E-state index contributed by atoms with van der Waals surface area (Å²) in [6, 6.07) is 42.7. The first-order valence-electron chi connectivity index (χ1n) is 14.5. The fourth-order valence-electron chi connectivity index (χ4n) is 8.51. The van der Waals surface area contributed by atoms with Crippen molar-refractivity contribution in [3.63, 3.8) is 0 Å². The van der Waals surface area contributed by atoms with Gasteiger partial charge < -0.3 is 0 Å². The van der Waals surface area contributed by atoms with E-state index in [1.165, 1.54) is 4.90 Å². The SMILES string of the molecule is O=C1N(c2cccc(Cl)c2)C(=O)C23C4c5ccccc5C(c5ccccc54)C12ON(c1ccccc1)C3c1ccccc1. The van der Waals surface area contributed by atoms with Crippen LogP contribution in [0, 0.1) is 5.41 Å². The minimum Gasteiger partial charge on any atom is -0.273 e. The van der Waals surface area contributed by atoms with Crippen molar-refractivity contribution in [1.82, 2.24) is 0 Å². The maximum Gasteiger partial charge on any atom is 0.271 e. The van der Waals surface area contributed by atoms with Crippen molar-refractivity contribution in [1.29, 1.82) is 0 Å². The Kier molecular flexibility index (Phi) is 5.01. The van der Waals surface area contributed by atoms with Gasteiger partial charge in [-0.15, -0.1) is 0 Å². The highest BCUT2D eigenvalue weighted by atomic mass is 35.5. The molecule has 2 heterocycles. The zero-order valence-corrected chi connectivity index (χ0v) is 23.7. The van der Waals surface area contributed by atoms with Crippen molar-refractivity contribution in [2.45, 2.75) is 23.5 Å². The number of halogens is 1. The van der Waals surface area contributed by atoms with Crippen molar-refractivity contribution >= 4 is 34.8 Å². The Bertz CT molecular complexity index is 1920. The van der Waals surface area contributed by atoms with Crippen LogP contribution < -0.4 is 9.96 Å². The molecule has 0 spiro atoms. The summed E-state index contributed by atoms with van der Waals surface area (Å²) in [7, 11) is 0. The summed E-state index contributed by atoms with van der Waals surface area (Å²) < 4.78 is 0. The Balaban J connectivity index is 1.44. The molecule has 5 nitrogen and oxygen atoms in total. The molecular formula is C37H25ClN2O3. The van der Waals surface area contributed by atoms with Gasteiger partial charge in [0, 0.05) is 10.9 Å². The lowest BCUT2D eigenvalue weighted by Crippen LogP contribution is -2.63. The van der Waals surface area contributed by atoms with Crippen LogP contribution in [0.2, 0.25) is 5.02 Å². The first-order valence-corrected chi connectivity index (χ1v) is 14.9. The van der Waals surface area contributed by atoms with E-state index in [1.807, 2.05) is 90.0 Å². The fraction of sp³-hybridized carbons (Fsp3) is 0.135. The molecule has 43 heavy (non-hydrogen) atoms. The predicted molar refractivity (Wildman–Crippen MR) is 165 cm³/mol. The number of anilines is 2. The van der Waals surface area contributed by atoms with Gasteiger partial charge in [-0.1, -0.05) is 115 Å². The summed E-state index contributed by atoms with van der Waals surface area (Å²) >= 11 is 6.44. The quantitative estimate of drug-likeness (QED) is 0.208. The second-order valence-corrected chi connectivity index (χ2v) is 12.2. The van der Waals surface area contributed by atoms with E-state index in [0.717, 1.165) is 33.5 Å². The molecule has 2 bridgehead atoms. The number of imide groups is 1. The number of carbonyl (C=O) groups excluding carboxylic acids is 2. The topological polar surface area (TPSA) is 49.9 Å². The van der Waals surface area contributed by atoms with Crippen LogP contribution in [0.1, 0.15) is 45.7 Å². The lowest BCUT2D eigenvalue weighted by atomic mass is 9.43. The average Bonchev–Trinajstić information content (AvgIpc) is 3.49. The minimum absolute atomic E-state index is 0.272. The molecule has 0 N–H and O–H groups in total. The maximum atomic E-state index is 15.6. The average molecular weight is 581 g/mol. The third kappa shape index (κ3) is 2.87. The van der Waals surface area contributed by atoms with E-state index in [-0.39, 0.29) is 11.8 Å². The minimum atomic E-state index is -1.55. The molecule has 0 saturated carbocycles. The lowest BCUT2D eigenvalue weighted by Gasteiger charge is -2.55. The Morgan fingerprint density at radius 1 is 0.581 bits per heavy atom. The number of para-hydroxylation sites is 1. The number of amides is 2. The Morgan fingerprint density at radius 2 is 1.12 bits per heavy atom. The van der Waals surface area contributed by atoms with Crippen LogP contribution in [0.15, 0.2) is 133 Å². The Labute approximate surface area is 253 Å². The van der Waals surface area contributed by atoms with Gasteiger partial charge in [0.15, 0.2) is 0 Å². The van der Waals surface area contributed by atoms with Crippen LogP contribution >= 0.6 is 11.6 Å². The zero-order valence-electron chi connectivity index (χ0n) is 22.9. The van der Waals surface area contributed by atoms with Gasteiger partial charge in [-0.25, -0.2) is 9.96 Å². The van der Waals surface area contributed by atoms with Crippen molar-refractivity contribution in [2.24, 2.45) is 5.41 Å². The number of rotatable bonds is 3. The number of nitrogens with zero attached hydrogens (tertiary/aromatic N) is 2. The van der Waals surface area contributed by atoms with E-state index in [0.29, 0.717) is 10.7 Å². The third-order valence-electron chi connectivity index (χ3n) is 9.89. The summed E-state index contributed by atoms with van der Waals surface area (Å²) in [6.45, 7) is 0. The molecule has 2 saturated heterocycles. The number of hydroxylamine groups is 1. The van der Waals surface area contributed by atoms with Crippen LogP contribution in [0.3, 0.4) is 0 Å². The van der Waals surface area contributed by atoms with Crippen molar-refractivity contribution in [3.05, 3.63) is 166 Å². The van der Waals surface area contributed by atoms with Crippen LogP contribution in [0.4, 0.5) is 11.4 Å². The molecule has 0 radical (unpaired) electrons. The molecule has 0 aromatic heterocycles. The molecule has 5 aromatic carbocycles. The van der Waals surface area contributed by atoms with Gasteiger partial charge in [-0.2, -0.15) is 0 Å². The van der Waals surface area contributed by atoms with Crippen LogP contribution in [-0.4, -0.2) is 17.4 Å². The summed E-state index contributed by atoms with van der Waals surface area (Å²) in [6.07, 6.45) is 0. The molecule has 5 aliphatic rings. The molecular weight excluding hydrogens is 556 g/mol. The molecule has 208 valence electrons. The summed E-state index contributed by atoms with van der Waals surface area (Å²) in [5, 5.41) is 2.30.